The molecule has 0 aromatic heterocycles. The second-order valence-electron chi connectivity index (χ2n) is 27.2. The molecule has 5 atom stereocenters. The highest BCUT2D eigenvalue weighted by Crippen LogP contribution is 2.45. The van der Waals surface area contributed by atoms with Crippen LogP contribution >= 0.6 is 15.6 Å². The van der Waals surface area contributed by atoms with Crippen LogP contribution in [0.5, 0.6) is 0 Å². The first kappa shape index (κ1) is 91.1. The van der Waals surface area contributed by atoms with Crippen LogP contribution in [0.25, 0.3) is 0 Å². The topological polar surface area (TPSA) is 237 Å². The molecule has 0 aromatic carbocycles. The highest BCUT2D eigenvalue weighted by molar-refractivity contribution is 7.47. The minimum Gasteiger partial charge on any atom is -0.462 e. The highest BCUT2D eigenvalue weighted by Gasteiger charge is 2.30. The number of aliphatic hydroxyl groups is 1. The molecule has 17 nitrogen and oxygen atoms in total. The Bertz CT molecular complexity index is 1790. The second-order valence-corrected chi connectivity index (χ2v) is 30.1. The Labute approximate surface area is 568 Å². The van der Waals surface area contributed by atoms with Crippen LogP contribution in [-0.4, -0.2) is 96.7 Å². The largest absolute Gasteiger partial charge is 0.472 e. The van der Waals surface area contributed by atoms with Crippen molar-refractivity contribution in [1.29, 1.82) is 0 Å². The number of phosphoric acid groups is 2. The summed E-state index contributed by atoms with van der Waals surface area (Å²) in [6.07, 6.45) is 56.2. The van der Waals surface area contributed by atoms with E-state index in [-0.39, 0.29) is 25.7 Å². The van der Waals surface area contributed by atoms with E-state index in [0.717, 1.165) is 109 Å². The van der Waals surface area contributed by atoms with Gasteiger partial charge in [-0.3, -0.25) is 37.3 Å². The van der Waals surface area contributed by atoms with Gasteiger partial charge in [0.25, 0.3) is 0 Å². The van der Waals surface area contributed by atoms with Gasteiger partial charge in [-0.1, -0.05) is 336 Å². The van der Waals surface area contributed by atoms with Crippen LogP contribution in [-0.2, 0) is 65.4 Å². The zero-order chi connectivity index (χ0) is 68.4. The number of aliphatic hydroxyl groups excluding tert-OH is 1. The molecule has 0 saturated carbocycles. The fourth-order valence-corrected chi connectivity index (χ4v) is 12.9. The van der Waals surface area contributed by atoms with Gasteiger partial charge in [0, 0.05) is 25.7 Å². The molecule has 2 unspecified atom stereocenters. The van der Waals surface area contributed by atoms with Crippen LogP contribution in [0.1, 0.15) is 388 Å². The van der Waals surface area contributed by atoms with Crippen molar-refractivity contribution < 1.29 is 80.2 Å². The maximum Gasteiger partial charge on any atom is 0.472 e. The first-order valence-electron chi connectivity index (χ1n) is 38.6. The molecule has 0 aliphatic heterocycles. The summed E-state index contributed by atoms with van der Waals surface area (Å²) >= 11 is 0. The second kappa shape index (κ2) is 67.3. The third-order valence-corrected chi connectivity index (χ3v) is 19.2. The summed E-state index contributed by atoms with van der Waals surface area (Å²) in [5, 5.41) is 10.6. The van der Waals surface area contributed by atoms with Crippen molar-refractivity contribution in [3.8, 4) is 0 Å². The zero-order valence-corrected chi connectivity index (χ0v) is 62.2. The maximum atomic E-state index is 13.1. The monoisotopic (exact) mass is 1370 g/mol. The third kappa shape index (κ3) is 68.4. The van der Waals surface area contributed by atoms with Gasteiger partial charge in [0.05, 0.1) is 26.4 Å². The molecule has 93 heavy (non-hydrogen) atoms. The average molecular weight is 1370 g/mol. The van der Waals surface area contributed by atoms with E-state index in [1.807, 2.05) is 0 Å². The lowest BCUT2D eigenvalue weighted by atomic mass is 10.0. The fraction of sp³-hybridized carbons (Fsp3) is 0.946. The number of esters is 4. The van der Waals surface area contributed by atoms with Gasteiger partial charge in [0.2, 0.25) is 0 Å². The Morgan fingerprint density at radius 3 is 0.731 bits per heavy atom. The number of carbonyl (C=O) groups is 4. The van der Waals surface area contributed by atoms with Gasteiger partial charge < -0.3 is 33.8 Å². The van der Waals surface area contributed by atoms with Crippen molar-refractivity contribution >= 4 is 39.5 Å². The van der Waals surface area contributed by atoms with E-state index in [2.05, 4.69) is 34.6 Å². The molecule has 0 amide bonds. The molecule has 0 radical (unpaired) electrons. The van der Waals surface area contributed by atoms with Crippen LogP contribution in [0.15, 0.2) is 0 Å². The van der Waals surface area contributed by atoms with Gasteiger partial charge in [-0.05, 0) is 31.6 Å². The van der Waals surface area contributed by atoms with E-state index >= 15 is 0 Å². The molecule has 0 aliphatic rings. The number of carbonyl (C=O) groups excluding carboxylic acids is 4. The maximum absolute atomic E-state index is 13.1. The number of unbranched alkanes of at least 4 members (excludes halogenated alkanes) is 46. The van der Waals surface area contributed by atoms with E-state index < -0.39 is 97.5 Å². The van der Waals surface area contributed by atoms with Gasteiger partial charge >= 0.3 is 39.5 Å². The minimum absolute atomic E-state index is 0.104. The van der Waals surface area contributed by atoms with Crippen molar-refractivity contribution in [2.45, 2.75) is 406 Å². The quantitative estimate of drug-likeness (QED) is 0.0222. The third-order valence-electron chi connectivity index (χ3n) is 17.3. The molecule has 0 rings (SSSR count). The number of hydrogen-bond acceptors (Lipinski definition) is 15. The molecule has 0 fully saturated rings. The lowest BCUT2D eigenvalue weighted by molar-refractivity contribution is -0.161. The lowest BCUT2D eigenvalue weighted by Gasteiger charge is -2.21. The minimum atomic E-state index is -4.95. The first-order chi connectivity index (χ1) is 45.0. The van der Waals surface area contributed by atoms with Crippen LogP contribution in [0, 0.1) is 5.92 Å². The SMILES string of the molecule is CCCCCCCCCCCCCCCCCCCCCC(=O)OC[C@H](COP(=O)(O)OC[C@@H](O)COP(=O)(O)OC[C@@H](COC(=O)CCCCCCC)OC(=O)CCCCCCCCCC)OC(=O)CCCCCCCCCCCCCCCCCCCCC(C)C. The highest BCUT2D eigenvalue weighted by atomic mass is 31.2. The Balaban J connectivity index is 5.08. The van der Waals surface area contributed by atoms with Gasteiger partial charge in [-0.15, -0.1) is 0 Å². The number of rotatable bonds is 74. The van der Waals surface area contributed by atoms with Gasteiger partial charge in [-0.25, -0.2) is 9.13 Å². The number of ether oxygens (including phenoxy) is 4. The molecule has 0 heterocycles. The van der Waals surface area contributed by atoms with E-state index in [1.54, 1.807) is 0 Å². The summed E-state index contributed by atoms with van der Waals surface area (Å²) in [6, 6.07) is 0. The van der Waals surface area contributed by atoms with Crippen LogP contribution in [0.2, 0.25) is 0 Å². The normalized spacial score (nSPS) is 14.0. The van der Waals surface area contributed by atoms with Crippen molar-refractivity contribution in [2.24, 2.45) is 5.92 Å². The molecule has 3 N–H and O–H groups in total. The fourth-order valence-electron chi connectivity index (χ4n) is 11.4. The molecule has 552 valence electrons. The summed E-state index contributed by atoms with van der Waals surface area (Å²) in [7, 11) is -9.89. The Morgan fingerprint density at radius 2 is 0.495 bits per heavy atom. The molecular weight excluding hydrogens is 1220 g/mol. The van der Waals surface area contributed by atoms with E-state index in [1.165, 1.54) is 199 Å². The van der Waals surface area contributed by atoms with Gasteiger partial charge in [-0.2, -0.15) is 0 Å². The predicted molar refractivity (Wildman–Crippen MR) is 377 cm³/mol. The first-order valence-corrected chi connectivity index (χ1v) is 41.6. The van der Waals surface area contributed by atoms with Crippen molar-refractivity contribution in [1.82, 2.24) is 0 Å². The molecule has 0 aromatic rings. The van der Waals surface area contributed by atoms with E-state index in [9.17, 15) is 43.2 Å². The summed E-state index contributed by atoms with van der Waals surface area (Å²) in [6.45, 7) is 7.19. The lowest BCUT2D eigenvalue weighted by Crippen LogP contribution is -2.30. The number of hydrogen-bond donors (Lipinski definition) is 3. The van der Waals surface area contributed by atoms with Crippen LogP contribution in [0.4, 0.5) is 0 Å². The Hall–Kier alpha value is -1.94. The van der Waals surface area contributed by atoms with Crippen LogP contribution in [0.3, 0.4) is 0 Å². The van der Waals surface area contributed by atoms with Crippen molar-refractivity contribution in [3.05, 3.63) is 0 Å². The summed E-state index contributed by atoms with van der Waals surface area (Å²) in [4.78, 5) is 72.3. The van der Waals surface area contributed by atoms with Crippen molar-refractivity contribution in [3.63, 3.8) is 0 Å². The smallest absolute Gasteiger partial charge is 0.462 e. The Morgan fingerprint density at radius 1 is 0.290 bits per heavy atom. The molecule has 0 saturated heterocycles. The molecule has 0 bridgehead atoms. The van der Waals surface area contributed by atoms with E-state index in [4.69, 9.17) is 37.0 Å². The molecule has 19 heteroatoms. The summed E-state index contributed by atoms with van der Waals surface area (Å²) in [5.74, 6) is -1.31. The van der Waals surface area contributed by atoms with Crippen molar-refractivity contribution in [2.75, 3.05) is 39.6 Å². The standard InChI is InChI=1S/C74H144O17P2/c1-6-9-12-15-17-19-20-21-22-23-24-28-31-34-37-40-44-48-53-58-72(77)85-64-70(91-74(79)60-55-50-45-41-38-35-32-29-26-25-27-30-33-36-39-42-47-51-56-67(4)5)66-89-93(82,83)87-62-68(75)61-86-92(80,81)88-65-69(63-84-71(76)57-52-46-14-11-8-3)90-73(78)59-54-49-43-18-16-13-10-7-2/h67-70,75H,6-66H2,1-5H3,(H,80,81)(H,82,83)/t68-,69+,70+/m0/s1. The van der Waals surface area contributed by atoms with Gasteiger partial charge in [0.15, 0.2) is 12.2 Å². The Kier molecular flexibility index (Phi) is 65.9. The van der Waals surface area contributed by atoms with Gasteiger partial charge in [0.1, 0.15) is 19.3 Å². The van der Waals surface area contributed by atoms with Crippen LogP contribution < -0.4 is 0 Å². The van der Waals surface area contributed by atoms with E-state index in [0.29, 0.717) is 25.7 Å². The molecular formula is C74H144O17P2. The summed E-state index contributed by atoms with van der Waals surface area (Å²) < 4.78 is 68.1. The zero-order valence-electron chi connectivity index (χ0n) is 60.4. The average Bonchev–Trinajstić information content (AvgIpc) is 2.69. The molecule has 0 spiro atoms. The molecule has 0 aliphatic carbocycles. The summed E-state index contributed by atoms with van der Waals surface area (Å²) in [5.41, 5.74) is 0. The predicted octanol–water partition coefficient (Wildman–Crippen LogP) is 21.7. The number of phosphoric ester groups is 2.